The van der Waals surface area contributed by atoms with Crippen LogP contribution in [0, 0.1) is 0 Å². The normalized spacial score (nSPS) is 13.9. The van der Waals surface area contributed by atoms with E-state index in [1.54, 1.807) is 0 Å². The zero-order chi connectivity index (χ0) is 38.8. The van der Waals surface area contributed by atoms with Crippen LogP contribution in [-0.4, -0.2) is 22.6 Å². The van der Waals surface area contributed by atoms with Crippen LogP contribution in [0.4, 0.5) is 34.1 Å². The van der Waals surface area contributed by atoms with E-state index in [1.807, 2.05) is 0 Å². The summed E-state index contributed by atoms with van der Waals surface area (Å²) < 4.78 is 5.24. The number of aromatic nitrogens is 2. The van der Waals surface area contributed by atoms with Crippen LogP contribution in [0.3, 0.4) is 0 Å². The van der Waals surface area contributed by atoms with Gasteiger partial charge in [-0.3, -0.25) is 0 Å². The third kappa shape index (κ3) is 3.64. The Kier molecular flexibility index (Phi) is 5.78. The van der Waals surface area contributed by atoms with Gasteiger partial charge in [0.15, 0.2) is 0 Å². The van der Waals surface area contributed by atoms with Gasteiger partial charge < -0.3 is 18.9 Å². The van der Waals surface area contributed by atoms with Crippen molar-refractivity contribution in [1.82, 2.24) is 9.13 Å². The number of hydrogen-bond donors (Lipinski definition) is 0. The number of hydrogen-bond acceptors (Lipinski definition) is 2. The van der Waals surface area contributed by atoms with Gasteiger partial charge in [0, 0.05) is 72.6 Å². The Morgan fingerprint density at radius 2 is 0.783 bits per heavy atom. The van der Waals surface area contributed by atoms with Crippen LogP contribution in [0.2, 0.25) is 0 Å². The van der Waals surface area contributed by atoms with E-state index in [2.05, 4.69) is 213 Å². The topological polar surface area (TPSA) is 16.3 Å². The molecule has 4 aliphatic rings. The second kappa shape index (κ2) is 11.1. The van der Waals surface area contributed by atoms with Crippen molar-refractivity contribution >= 4 is 124 Å². The molecule has 60 heavy (non-hydrogen) atoms. The van der Waals surface area contributed by atoms with Crippen molar-refractivity contribution in [3.05, 3.63) is 194 Å². The van der Waals surface area contributed by atoms with Crippen molar-refractivity contribution in [3.8, 4) is 11.4 Å². The fourth-order valence-electron chi connectivity index (χ4n) is 11.9. The first kappa shape index (κ1) is 31.3. The molecule has 274 valence electrons. The Morgan fingerprint density at radius 1 is 0.283 bits per heavy atom. The Bertz CT molecular complexity index is 3700. The van der Waals surface area contributed by atoms with Gasteiger partial charge in [0.05, 0.1) is 16.6 Å². The van der Waals surface area contributed by atoms with E-state index in [-0.39, 0.29) is 13.4 Å². The number of fused-ring (bicyclic) bond motifs is 16. The highest BCUT2D eigenvalue weighted by Gasteiger charge is 2.44. The molecule has 0 bridgehead atoms. The molecule has 15 rings (SSSR count). The summed E-state index contributed by atoms with van der Waals surface area (Å²) >= 11 is 0. The molecule has 0 radical (unpaired) electrons. The van der Waals surface area contributed by atoms with Crippen molar-refractivity contribution in [1.29, 1.82) is 0 Å². The number of rotatable bonds is 2. The summed E-state index contributed by atoms with van der Waals surface area (Å²) in [5.74, 6) is 0. The predicted molar refractivity (Wildman–Crippen MR) is 254 cm³/mol. The van der Waals surface area contributed by atoms with Crippen molar-refractivity contribution in [2.75, 3.05) is 9.80 Å². The molecular weight excluding hydrogens is 726 g/mol. The molecular formula is C54H32B2N4. The summed E-state index contributed by atoms with van der Waals surface area (Å²) in [6.45, 7) is 0.209. The maximum absolute atomic E-state index is 2.64. The molecule has 2 aromatic heterocycles. The smallest absolute Gasteiger partial charge is 0.252 e. The lowest BCUT2D eigenvalue weighted by atomic mass is 9.34. The third-order valence-electron chi connectivity index (χ3n) is 14.1. The van der Waals surface area contributed by atoms with E-state index in [1.165, 1.54) is 122 Å². The molecule has 0 unspecified atom stereocenters. The van der Waals surface area contributed by atoms with Gasteiger partial charge in [0.1, 0.15) is 0 Å². The van der Waals surface area contributed by atoms with Gasteiger partial charge in [-0.1, -0.05) is 127 Å². The molecule has 0 saturated heterocycles. The first-order valence-electron chi connectivity index (χ1n) is 21.0. The Labute approximate surface area is 346 Å². The van der Waals surface area contributed by atoms with Gasteiger partial charge in [-0.05, 0) is 99.5 Å². The van der Waals surface area contributed by atoms with E-state index in [0.29, 0.717) is 0 Å². The molecule has 4 aliphatic heterocycles. The highest BCUT2D eigenvalue weighted by molar-refractivity contribution is 7.01. The van der Waals surface area contributed by atoms with E-state index in [9.17, 15) is 0 Å². The molecule has 0 saturated carbocycles. The van der Waals surface area contributed by atoms with Gasteiger partial charge in [-0.25, -0.2) is 0 Å². The fraction of sp³-hybridized carbons (Fsp3) is 0. The Balaban J connectivity index is 1.11. The van der Waals surface area contributed by atoms with Crippen LogP contribution in [0.15, 0.2) is 194 Å². The predicted octanol–water partition coefficient (Wildman–Crippen LogP) is 9.11. The zero-order valence-electron chi connectivity index (χ0n) is 32.4. The lowest BCUT2D eigenvalue weighted by Crippen LogP contribution is -2.60. The fourth-order valence-corrected chi connectivity index (χ4v) is 11.9. The summed E-state index contributed by atoms with van der Waals surface area (Å²) in [5, 5.41) is 5.20. The Hall–Kier alpha value is -7.69. The first-order chi connectivity index (χ1) is 29.8. The summed E-state index contributed by atoms with van der Waals surface area (Å²) in [6.07, 6.45) is 0. The van der Waals surface area contributed by atoms with E-state index < -0.39 is 0 Å². The quantitative estimate of drug-likeness (QED) is 0.164. The maximum atomic E-state index is 2.64. The van der Waals surface area contributed by atoms with Crippen LogP contribution < -0.4 is 42.6 Å². The standard InChI is InChI=1S/C54H32B2N4/c1-3-15-33(16-4-1)57-43-25-11-8-21-39(43)56-41-23-13-19-35-36-29-31-45-49(53(36)60(52(35)41)47-28-14-27-46(57)50(47)56)37-30-32-48-51-54(37)59(45)44-26-12-9-22-40(44)55(51)38-20-7-10-24-42(38)58(48)34-17-5-2-6-18-34/h1-32H. The highest BCUT2D eigenvalue weighted by Crippen LogP contribution is 2.47. The van der Waals surface area contributed by atoms with Gasteiger partial charge in [0.25, 0.3) is 13.4 Å². The van der Waals surface area contributed by atoms with Gasteiger partial charge >= 0.3 is 0 Å². The third-order valence-corrected chi connectivity index (χ3v) is 14.1. The monoisotopic (exact) mass is 758 g/mol. The largest absolute Gasteiger partial charge is 0.311 e. The first-order valence-corrected chi connectivity index (χ1v) is 21.0. The van der Waals surface area contributed by atoms with E-state index in [0.717, 1.165) is 0 Å². The second-order valence-electron chi connectivity index (χ2n) is 16.8. The molecule has 0 spiro atoms. The van der Waals surface area contributed by atoms with Crippen molar-refractivity contribution in [2.24, 2.45) is 0 Å². The minimum absolute atomic E-state index is 0.102. The maximum Gasteiger partial charge on any atom is 0.252 e. The van der Waals surface area contributed by atoms with Crippen molar-refractivity contribution in [3.63, 3.8) is 0 Å². The summed E-state index contributed by atoms with van der Waals surface area (Å²) in [5.41, 5.74) is 23.1. The van der Waals surface area contributed by atoms with Gasteiger partial charge in [-0.2, -0.15) is 0 Å². The zero-order valence-corrected chi connectivity index (χ0v) is 32.4. The Morgan fingerprint density at radius 3 is 1.48 bits per heavy atom. The number of para-hydroxylation sites is 6. The van der Waals surface area contributed by atoms with E-state index in [4.69, 9.17) is 0 Å². The lowest BCUT2D eigenvalue weighted by Gasteiger charge is -2.40. The average molecular weight is 759 g/mol. The average Bonchev–Trinajstić information content (AvgIpc) is 3.84. The van der Waals surface area contributed by atoms with Crippen LogP contribution >= 0.6 is 0 Å². The van der Waals surface area contributed by atoms with Gasteiger partial charge in [-0.15, -0.1) is 0 Å². The molecule has 6 heterocycles. The van der Waals surface area contributed by atoms with Crippen LogP contribution in [0.25, 0.3) is 55.0 Å². The number of anilines is 6. The molecule has 0 fully saturated rings. The molecule has 4 nitrogen and oxygen atoms in total. The number of benzene rings is 9. The second-order valence-corrected chi connectivity index (χ2v) is 16.8. The number of nitrogens with zero attached hydrogens (tertiary/aromatic N) is 4. The van der Waals surface area contributed by atoms with Crippen molar-refractivity contribution < 1.29 is 0 Å². The van der Waals surface area contributed by atoms with Gasteiger partial charge in [0.2, 0.25) is 0 Å². The molecule has 11 aromatic rings. The minimum atomic E-state index is 0.102. The minimum Gasteiger partial charge on any atom is -0.311 e. The van der Waals surface area contributed by atoms with Crippen LogP contribution in [0.1, 0.15) is 0 Å². The molecule has 0 atom stereocenters. The van der Waals surface area contributed by atoms with Crippen LogP contribution in [0.5, 0.6) is 0 Å². The van der Waals surface area contributed by atoms with Crippen molar-refractivity contribution in [2.45, 2.75) is 0 Å². The molecule has 6 heteroatoms. The summed E-state index contributed by atoms with van der Waals surface area (Å²) in [7, 11) is 0. The SMILES string of the molecule is c1ccc(N2c3ccccc3B3c4c2cccc4-n2c4c3cccc4c3ccc4c(c5ccc6c7c5n4-c4ccccc4B7c4ccccc4N6c4ccccc4)c32)cc1. The lowest BCUT2D eigenvalue weighted by molar-refractivity contribution is 1.17. The molecule has 0 amide bonds. The van der Waals surface area contributed by atoms with E-state index >= 15 is 0 Å². The van der Waals surface area contributed by atoms with Crippen LogP contribution in [-0.2, 0) is 0 Å². The summed E-state index contributed by atoms with van der Waals surface area (Å²) in [4.78, 5) is 4.96. The summed E-state index contributed by atoms with van der Waals surface area (Å²) in [6, 6.07) is 72.6. The molecule has 0 N–H and O–H groups in total. The molecule has 9 aromatic carbocycles. The highest BCUT2D eigenvalue weighted by atomic mass is 15.2. The molecule has 0 aliphatic carbocycles.